The molecule has 2 N–H and O–H groups in total. The minimum absolute atomic E-state index is 0. The van der Waals surface area contributed by atoms with Gasteiger partial charge in [-0.2, -0.15) is 13.2 Å². The third-order valence-electron chi connectivity index (χ3n) is 2.11. The molecule has 0 aliphatic carbocycles. The fraction of sp³-hybridized carbons (Fsp3) is 0.400. The molecule has 8 heteroatoms. The summed E-state index contributed by atoms with van der Waals surface area (Å²) >= 11 is 2.90. The lowest BCUT2D eigenvalue weighted by Gasteiger charge is -2.15. The second-order valence-electron chi connectivity index (χ2n) is 3.50. The lowest BCUT2D eigenvalue weighted by atomic mass is 10.0. The molecule has 0 heterocycles. The molecule has 0 fully saturated rings. The molecule has 1 nitrogen and oxygen atoms in total. The molecule has 0 spiro atoms. The van der Waals surface area contributed by atoms with E-state index in [0.29, 0.717) is 0 Å². The standard InChI is InChI=1S/C10H9BrF5N.ClH/c11-7-2-5(8(17)4-9(12)13)1-6(3-7)10(14,15)16;/h1-3,8-9H,4,17H2;1H/t8-;/m1./s1. The van der Waals surface area contributed by atoms with E-state index in [1.165, 1.54) is 6.07 Å². The number of benzene rings is 1. The predicted molar refractivity (Wildman–Crippen MR) is 63.9 cm³/mol. The Kier molecular flexibility index (Phi) is 6.53. The highest BCUT2D eigenvalue weighted by molar-refractivity contribution is 9.10. The van der Waals surface area contributed by atoms with E-state index in [2.05, 4.69) is 15.9 Å². The Morgan fingerprint density at radius 3 is 2.17 bits per heavy atom. The molecular weight excluding hydrogens is 344 g/mol. The van der Waals surface area contributed by atoms with E-state index in [1.807, 2.05) is 0 Å². The van der Waals surface area contributed by atoms with Crippen molar-refractivity contribution in [2.75, 3.05) is 0 Å². The van der Waals surface area contributed by atoms with Gasteiger partial charge in [-0.05, 0) is 23.8 Å². The number of hydrogen-bond acceptors (Lipinski definition) is 1. The van der Waals surface area contributed by atoms with Crippen LogP contribution in [-0.4, -0.2) is 6.43 Å². The maximum absolute atomic E-state index is 12.5. The van der Waals surface area contributed by atoms with Crippen molar-refractivity contribution in [2.24, 2.45) is 5.73 Å². The maximum Gasteiger partial charge on any atom is 0.416 e. The normalized spacial score (nSPS) is 13.3. The Morgan fingerprint density at radius 1 is 1.17 bits per heavy atom. The number of rotatable bonds is 3. The van der Waals surface area contributed by atoms with E-state index in [-0.39, 0.29) is 22.4 Å². The molecule has 1 rings (SSSR count). The van der Waals surface area contributed by atoms with Gasteiger partial charge in [0, 0.05) is 16.9 Å². The Hall–Kier alpha value is -0.400. The quantitative estimate of drug-likeness (QED) is 0.792. The molecule has 1 aromatic carbocycles. The van der Waals surface area contributed by atoms with Gasteiger partial charge in [0.15, 0.2) is 0 Å². The molecule has 0 aliphatic rings. The van der Waals surface area contributed by atoms with Crippen molar-refractivity contribution in [1.29, 1.82) is 0 Å². The van der Waals surface area contributed by atoms with E-state index in [1.54, 1.807) is 0 Å². The third kappa shape index (κ3) is 5.07. The molecule has 0 aromatic heterocycles. The average Bonchev–Trinajstić information content (AvgIpc) is 2.14. The predicted octanol–water partition coefficient (Wildman–Crippen LogP) is 4.54. The largest absolute Gasteiger partial charge is 0.416 e. The maximum atomic E-state index is 12.5. The lowest BCUT2D eigenvalue weighted by molar-refractivity contribution is -0.137. The van der Waals surface area contributed by atoms with Crippen LogP contribution in [0.1, 0.15) is 23.6 Å². The zero-order valence-corrected chi connectivity index (χ0v) is 11.2. The van der Waals surface area contributed by atoms with E-state index in [4.69, 9.17) is 5.73 Å². The van der Waals surface area contributed by atoms with Crippen LogP contribution in [0, 0.1) is 0 Å². The first-order valence-electron chi connectivity index (χ1n) is 4.61. The second-order valence-corrected chi connectivity index (χ2v) is 4.42. The lowest BCUT2D eigenvalue weighted by Crippen LogP contribution is -2.15. The first-order valence-corrected chi connectivity index (χ1v) is 5.41. The summed E-state index contributed by atoms with van der Waals surface area (Å²) in [6, 6.07) is 1.85. The van der Waals surface area contributed by atoms with Gasteiger partial charge in [0.1, 0.15) is 0 Å². The van der Waals surface area contributed by atoms with Crippen LogP contribution in [0.25, 0.3) is 0 Å². The van der Waals surface area contributed by atoms with Gasteiger partial charge >= 0.3 is 6.18 Å². The van der Waals surface area contributed by atoms with Gasteiger partial charge in [-0.1, -0.05) is 15.9 Å². The minimum Gasteiger partial charge on any atom is -0.324 e. The Labute approximate surface area is 115 Å². The smallest absolute Gasteiger partial charge is 0.324 e. The molecule has 1 aromatic rings. The monoisotopic (exact) mass is 353 g/mol. The highest BCUT2D eigenvalue weighted by atomic mass is 79.9. The van der Waals surface area contributed by atoms with Gasteiger partial charge in [0.25, 0.3) is 0 Å². The van der Waals surface area contributed by atoms with Crippen molar-refractivity contribution in [2.45, 2.75) is 25.1 Å². The van der Waals surface area contributed by atoms with Crippen LogP contribution in [0.5, 0.6) is 0 Å². The zero-order chi connectivity index (χ0) is 13.2. The molecule has 0 unspecified atom stereocenters. The number of hydrogen-bond donors (Lipinski definition) is 1. The average molecular weight is 355 g/mol. The molecule has 0 saturated heterocycles. The summed E-state index contributed by atoms with van der Waals surface area (Å²) in [6.07, 6.45) is -7.85. The van der Waals surface area contributed by atoms with Crippen molar-refractivity contribution >= 4 is 28.3 Å². The molecule has 0 amide bonds. The van der Waals surface area contributed by atoms with E-state index >= 15 is 0 Å². The summed E-state index contributed by atoms with van der Waals surface area (Å²) in [5, 5.41) is 0. The van der Waals surface area contributed by atoms with E-state index < -0.39 is 30.6 Å². The van der Waals surface area contributed by atoms with E-state index in [9.17, 15) is 22.0 Å². The molecule has 0 aliphatic heterocycles. The fourth-order valence-electron chi connectivity index (χ4n) is 1.32. The highest BCUT2D eigenvalue weighted by Crippen LogP contribution is 2.33. The van der Waals surface area contributed by atoms with Gasteiger partial charge in [0.05, 0.1) is 5.56 Å². The molecule has 104 valence electrons. The van der Waals surface area contributed by atoms with Crippen LogP contribution < -0.4 is 5.73 Å². The Morgan fingerprint density at radius 2 is 1.72 bits per heavy atom. The topological polar surface area (TPSA) is 26.0 Å². The summed E-state index contributed by atoms with van der Waals surface area (Å²) < 4.78 is 61.7. The SMILES string of the molecule is Cl.N[C@H](CC(F)F)c1cc(Br)cc(C(F)(F)F)c1. The van der Waals surface area contributed by atoms with Gasteiger partial charge in [0.2, 0.25) is 6.43 Å². The van der Waals surface area contributed by atoms with Crippen molar-refractivity contribution in [1.82, 2.24) is 0 Å². The van der Waals surface area contributed by atoms with Crippen LogP contribution >= 0.6 is 28.3 Å². The van der Waals surface area contributed by atoms with E-state index in [0.717, 1.165) is 12.1 Å². The Bertz CT molecular complexity index is 396. The first kappa shape index (κ1) is 17.6. The molecule has 0 bridgehead atoms. The Balaban J connectivity index is 0.00000289. The summed E-state index contributed by atoms with van der Waals surface area (Å²) in [5.41, 5.74) is 4.53. The van der Waals surface area contributed by atoms with Crippen LogP contribution in [0.2, 0.25) is 0 Å². The van der Waals surface area contributed by atoms with Gasteiger partial charge in [-0.25, -0.2) is 8.78 Å². The zero-order valence-electron chi connectivity index (χ0n) is 8.85. The molecule has 18 heavy (non-hydrogen) atoms. The molecule has 0 radical (unpaired) electrons. The van der Waals surface area contributed by atoms with Crippen molar-refractivity contribution < 1.29 is 22.0 Å². The molecule has 1 atom stereocenters. The summed E-state index contributed by atoms with van der Waals surface area (Å²) in [4.78, 5) is 0. The van der Waals surface area contributed by atoms with Gasteiger partial charge in [-0.3, -0.25) is 0 Å². The van der Waals surface area contributed by atoms with Gasteiger partial charge in [-0.15, -0.1) is 12.4 Å². The summed E-state index contributed by atoms with van der Waals surface area (Å²) in [7, 11) is 0. The van der Waals surface area contributed by atoms with Gasteiger partial charge < -0.3 is 5.73 Å². The highest BCUT2D eigenvalue weighted by Gasteiger charge is 2.31. The van der Waals surface area contributed by atoms with Crippen molar-refractivity contribution in [3.8, 4) is 0 Å². The van der Waals surface area contributed by atoms with Crippen LogP contribution in [0.4, 0.5) is 22.0 Å². The fourth-order valence-corrected chi connectivity index (χ4v) is 1.83. The van der Waals surface area contributed by atoms with Crippen LogP contribution in [0.15, 0.2) is 22.7 Å². The minimum atomic E-state index is -4.52. The molecule has 0 saturated carbocycles. The third-order valence-corrected chi connectivity index (χ3v) is 2.57. The summed E-state index contributed by atoms with van der Waals surface area (Å²) in [6.45, 7) is 0. The summed E-state index contributed by atoms with van der Waals surface area (Å²) in [5.74, 6) is 0. The number of alkyl halides is 5. The van der Waals surface area contributed by atoms with Crippen molar-refractivity contribution in [3.05, 3.63) is 33.8 Å². The number of nitrogens with two attached hydrogens (primary N) is 1. The molecular formula is C10H10BrClF5N. The van der Waals surface area contributed by atoms with Crippen LogP contribution in [-0.2, 0) is 6.18 Å². The van der Waals surface area contributed by atoms with Crippen molar-refractivity contribution in [3.63, 3.8) is 0 Å². The first-order chi connectivity index (χ1) is 7.70. The number of halogens is 7. The van der Waals surface area contributed by atoms with Crippen LogP contribution in [0.3, 0.4) is 0 Å². The second kappa shape index (κ2) is 6.68.